The van der Waals surface area contributed by atoms with E-state index in [1.807, 2.05) is 0 Å². The summed E-state index contributed by atoms with van der Waals surface area (Å²) in [5, 5.41) is 4.91. The summed E-state index contributed by atoms with van der Waals surface area (Å²) in [6, 6.07) is 5.22. The van der Waals surface area contributed by atoms with E-state index in [1.165, 1.54) is 31.2 Å². The molecule has 0 radical (unpaired) electrons. The summed E-state index contributed by atoms with van der Waals surface area (Å²) in [6.45, 7) is 4.93. The predicted molar refractivity (Wildman–Crippen MR) is 58.3 cm³/mol. The lowest BCUT2D eigenvalue weighted by Gasteiger charge is -2.04. The third-order valence-electron chi connectivity index (χ3n) is 1.71. The molecule has 16 heavy (non-hydrogen) atoms. The number of esters is 1. The van der Waals surface area contributed by atoms with Crippen molar-refractivity contribution in [1.82, 2.24) is 0 Å². The molecule has 0 heterocycles. The minimum atomic E-state index is -3.72. The Morgan fingerprint density at radius 1 is 1.31 bits per heavy atom. The molecule has 0 fully saturated rings. The Balaban J connectivity index is 2.88. The first-order valence-electron chi connectivity index (χ1n) is 4.31. The topological polar surface area (TPSA) is 86.5 Å². The van der Waals surface area contributed by atoms with Crippen molar-refractivity contribution in [2.45, 2.75) is 11.8 Å². The smallest absolute Gasteiger partial charge is 0.338 e. The lowest BCUT2D eigenvalue weighted by atomic mass is 10.3. The van der Waals surface area contributed by atoms with Crippen molar-refractivity contribution in [3.63, 3.8) is 0 Å². The number of ether oxygens (including phenoxy) is 1. The van der Waals surface area contributed by atoms with Crippen molar-refractivity contribution in [2.75, 3.05) is 0 Å². The van der Waals surface area contributed by atoms with E-state index in [9.17, 15) is 13.2 Å². The lowest BCUT2D eigenvalue weighted by Crippen LogP contribution is -2.12. The SMILES string of the molecule is C=C(C)C(=O)Oc1ccc(S(N)(=O)=O)cc1. The fraction of sp³-hybridized carbons (Fsp3) is 0.100. The first kappa shape index (κ1) is 12.4. The molecule has 2 N–H and O–H groups in total. The van der Waals surface area contributed by atoms with Crippen molar-refractivity contribution < 1.29 is 17.9 Å². The van der Waals surface area contributed by atoms with Crippen LogP contribution in [0.25, 0.3) is 0 Å². The van der Waals surface area contributed by atoms with Crippen LogP contribution in [-0.2, 0) is 14.8 Å². The Labute approximate surface area is 93.6 Å². The second-order valence-corrected chi connectivity index (χ2v) is 4.75. The van der Waals surface area contributed by atoms with Crippen molar-refractivity contribution in [3.05, 3.63) is 36.4 Å². The maximum atomic E-state index is 11.1. The normalized spacial score (nSPS) is 10.9. The average molecular weight is 241 g/mol. The largest absolute Gasteiger partial charge is 0.423 e. The van der Waals surface area contributed by atoms with Crippen molar-refractivity contribution >= 4 is 16.0 Å². The maximum absolute atomic E-state index is 11.1. The number of sulfonamides is 1. The van der Waals surface area contributed by atoms with Crippen LogP contribution >= 0.6 is 0 Å². The van der Waals surface area contributed by atoms with Crippen molar-refractivity contribution in [1.29, 1.82) is 0 Å². The van der Waals surface area contributed by atoms with Crippen LogP contribution in [0, 0.1) is 0 Å². The van der Waals surface area contributed by atoms with Crippen LogP contribution in [0.5, 0.6) is 5.75 Å². The van der Waals surface area contributed by atoms with Gasteiger partial charge in [0.25, 0.3) is 0 Å². The van der Waals surface area contributed by atoms with Gasteiger partial charge in [0.15, 0.2) is 0 Å². The number of hydrogen-bond donors (Lipinski definition) is 1. The van der Waals surface area contributed by atoms with Gasteiger partial charge in [-0.25, -0.2) is 18.4 Å². The van der Waals surface area contributed by atoms with Gasteiger partial charge in [-0.3, -0.25) is 0 Å². The van der Waals surface area contributed by atoms with Crippen LogP contribution in [0.2, 0.25) is 0 Å². The molecule has 0 aliphatic rings. The van der Waals surface area contributed by atoms with Gasteiger partial charge in [-0.15, -0.1) is 0 Å². The highest BCUT2D eigenvalue weighted by molar-refractivity contribution is 7.89. The molecule has 1 aromatic carbocycles. The van der Waals surface area contributed by atoms with E-state index in [4.69, 9.17) is 9.88 Å². The van der Waals surface area contributed by atoms with Crippen LogP contribution < -0.4 is 9.88 Å². The summed E-state index contributed by atoms with van der Waals surface area (Å²) in [5.41, 5.74) is 0.260. The molecule has 86 valence electrons. The van der Waals surface area contributed by atoms with Crippen LogP contribution in [0.1, 0.15) is 6.92 Å². The minimum absolute atomic E-state index is 0.0392. The Morgan fingerprint density at radius 3 is 2.19 bits per heavy atom. The van der Waals surface area contributed by atoms with Crippen LogP contribution in [0.4, 0.5) is 0 Å². The molecule has 0 unspecified atom stereocenters. The number of hydrogen-bond acceptors (Lipinski definition) is 4. The molecule has 0 atom stereocenters. The lowest BCUT2D eigenvalue weighted by molar-refractivity contribution is -0.130. The second-order valence-electron chi connectivity index (χ2n) is 3.19. The molecule has 0 amide bonds. The third kappa shape index (κ3) is 3.18. The van der Waals surface area contributed by atoms with Gasteiger partial charge in [0.2, 0.25) is 10.0 Å². The second kappa shape index (κ2) is 4.46. The first-order chi connectivity index (χ1) is 7.30. The van der Waals surface area contributed by atoms with Gasteiger partial charge in [0.05, 0.1) is 4.90 Å². The summed E-state index contributed by atoms with van der Waals surface area (Å²) in [4.78, 5) is 11.1. The molecule has 0 spiro atoms. The Morgan fingerprint density at radius 2 is 1.81 bits per heavy atom. The van der Waals surface area contributed by atoms with Gasteiger partial charge < -0.3 is 4.74 Å². The van der Waals surface area contributed by atoms with Gasteiger partial charge in [0.1, 0.15) is 5.75 Å². The highest BCUT2D eigenvalue weighted by Crippen LogP contribution is 2.15. The van der Waals surface area contributed by atoms with Crippen LogP contribution in [0.15, 0.2) is 41.3 Å². The molecular formula is C10H11NO4S. The summed E-state index contributed by atoms with van der Waals surface area (Å²) < 4.78 is 26.7. The van der Waals surface area contributed by atoms with E-state index in [1.54, 1.807) is 0 Å². The number of carbonyl (C=O) groups excluding carboxylic acids is 1. The molecule has 0 saturated heterocycles. The fourth-order valence-corrected chi connectivity index (χ4v) is 1.41. The molecule has 6 heteroatoms. The first-order valence-corrected chi connectivity index (χ1v) is 5.86. The summed E-state index contributed by atoms with van der Waals surface area (Å²) >= 11 is 0. The highest BCUT2D eigenvalue weighted by Gasteiger charge is 2.09. The number of nitrogens with two attached hydrogens (primary N) is 1. The molecule has 1 aromatic rings. The van der Waals surface area contributed by atoms with Crippen molar-refractivity contribution in [2.24, 2.45) is 5.14 Å². The number of rotatable bonds is 3. The van der Waals surface area contributed by atoms with E-state index < -0.39 is 16.0 Å². The maximum Gasteiger partial charge on any atom is 0.338 e. The Kier molecular flexibility index (Phi) is 3.46. The van der Waals surface area contributed by atoms with Gasteiger partial charge in [-0.2, -0.15) is 0 Å². The molecule has 0 aliphatic heterocycles. The minimum Gasteiger partial charge on any atom is -0.423 e. The molecule has 0 aliphatic carbocycles. The van der Waals surface area contributed by atoms with Crippen molar-refractivity contribution in [3.8, 4) is 5.75 Å². The molecule has 0 aromatic heterocycles. The Bertz CT molecular complexity index is 516. The fourth-order valence-electron chi connectivity index (χ4n) is 0.892. The van der Waals surface area contributed by atoms with E-state index >= 15 is 0 Å². The zero-order valence-corrected chi connectivity index (χ0v) is 9.45. The Hall–Kier alpha value is -1.66. The van der Waals surface area contributed by atoms with Gasteiger partial charge in [-0.05, 0) is 31.2 Å². The van der Waals surface area contributed by atoms with Gasteiger partial charge >= 0.3 is 5.97 Å². The monoisotopic (exact) mass is 241 g/mol. The van der Waals surface area contributed by atoms with Crippen LogP contribution in [0.3, 0.4) is 0 Å². The van der Waals surface area contributed by atoms with Crippen LogP contribution in [-0.4, -0.2) is 14.4 Å². The number of benzene rings is 1. The molecular weight excluding hydrogens is 230 g/mol. The zero-order chi connectivity index (χ0) is 12.3. The summed E-state index contributed by atoms with van der Waals surface area (Å²) in [7, 11) is -3.72. The number of carbonyl (C=O) groups is 1. The molecule has 1 rings (SSSR count). The summed E-state index contributed by atoms with van der Waals surface area (Å²) in [6.07, 6.45) is 0. The quantitative estimate of drug-likeness (QED) is 0.482. The molecule has 0 bridgehead atoms. The van der Waals surface area contributed by atoms with E-state index in [2.05, 4.69) is 6.58 Å². The summed E-state index contributed by atoms with van der Waals surface area (Å²) in [5.74, 6) is -0.330. The number of primary sulfonamides is 1. The average Bonchev–Trinajstić information content (AvgIpc) is 2.17. The van der Waals surface area contributed by atoms with E-state index in [-0.39, 0.29) is 16.2 Å². The van der Waals surface area contributed by atoms with Gasteiger partial charge in [0, 0.05) is 5.57 Å². The molecule has 0 saturated carbocycles. The predicted octanol–water partition coefficient (Wildman–Crippen LogP) is 0.816. The standard InChI is InChI=1S/C10H11NO4S/c1-7(2)10(12)15-8-3-5-9(6-4-8)16(11,13)14/h3-6H,1H2,2H3,(H2,11,13,14). The third-order valence-corrected chi connectivity index (χ3v) is 2.64. The molecule has 5 nitrogen and oxygen atoms in total. The zero-order valence-electron chi connectivity index (χ0n) is 8.64. The van der Waals surface area contributed by atoms with Gasteiger partial charge in [-0.1, -0.05) is 6.58 Å². The highest BCUT2D eigenvalue weighted by atomic mass is 32.2. The van der Waals surface area contributed by atoms with E-state index in [0.717, 1.165) is 0 Å². The van der Waals surface area contributed by atoms with E-state index in [0.29, 0.717) is 0 Å².